The topological polar surface area (TPSA) is 49.8 Å². The molecular weight excluding hydrogens is 254 g/mol. The summed E-state index contributed by atoms with van der Waals surface area (Å²) in [6.45, 7) is 1.35. The molecule has 0 spiro atoms. The number of likely N-dealkylation sites (tertiary alicyclic amines) is 1. The number of aliphatic carboxylic acids is 1. The highest BCUT2D eigenvalue weighted by Crippen LogP contribution is 2.27. The Morgan fingerprint density at radius 3 is 3.06 bits per heavy atom. The molecule has 1 saturated heterocycles. The van der Waals surface area contributed by atoms with Gasteiger partial charge in [0.05, 0.1) is 7.11 Å². The number of carbonyl (C=O) groups is 1. The van der Waals surface area contributed by atoms with Crippen molar-refractivity contribution in [1.82, 2.24) is 4.90 Å². The van der Waals surface area contributed by atoms with E-state index in [1.807, 2.05) is 17.0 Å². The average Bonchev–Trinajstić information content (AvgIpc) is 2.77. The zero-order valence-electron chi connectivity index (χ0n) is 10.2. The minimum absolute atomic E-state index is 0.395. The van der Waals surface area contributed by atoms with E-state index in [4.69, 9.17) is 21.4 Å². The van der Waals surface area contributed by atoms with Crippen LogP contribution in [0.25, 0.3) is 0 Å². The molecule has 0 radical (unpaired) electrons. The molecule has 1 atom stereocenters. The molecule has 18 heavy (non-hydrogen) atoms. The van der Waals surface area contributed by atoms with E-state index in [0.717, 1.165) is 24.3 Å². The molecule has 1 aliphatic heterocycles. The Labute approximate surface area is 111 Å². The lowest BCUT2D eigenvalue weighted by Crippen LogP contribution is -2.35. The summed E-state index contributed by atoms with van der Waals surface area (Å²) in [5, 5.41) is 9.78. The van der Waals surface area contributed by atoms with Crippen LogP contribution in [-0.2, 0) is 11.3 Å². The standard InChI is InChI=1S/C13H16ClNO3/c1-18-12-5-4-10(14)7-9(12)8-15-6-2-3-11(15)13(16)17/h4-5,7,11H,2-3,6,8H2,1H3,(H,16,17)/t11-/m0/s1. The van der Waals surface area contributed by atoms with Crippen LogP contribution in [0.3, 0.4) is 0 Å². The normalized spacial score (nSPS) is 20.0. The van der Waals surface area contributed by atoms with Crippen LogP contribution in [0.4, 0.5) is 0 Å². The fourth-order valence-corrected chi connectivity index (χ4v) is 2.58. The Balaban J connectivity index is 2.18. The minimum Gasteiger partial charge on any atom is -0.496 e. The molecule has 2 rings (SSSR count). The number of benzene rings is 1. The minimum atomic E-state index is -0.756. The van der Waals surface area contributed by atoms with Crippen LogP contribution >= 0.6 is 11.6 Å². The van der Waals surface area contributed by atoms with Crippen molar-refractivity contribution in [3.8, 4) is 5.75 Å². The number of hydrogen-bond donors (Lipinski definition) is 1. The highest BCUT2D eigenvalue weighted by Gasteiger charge is 2.30. The van der Waals surface area contributed by atoms with Crippen molar-refractivity contribution in [2.45, 2.75) is 25.4 Å². The second kappa shape index (κ2) is 5.59. The summed E-state index contributed by atoms with van der Waals surface area (Å²) in [4.78, 5) is 13.1. The van der Waals surface area contributed by atoms with E-state index in [0.29, 0.717) is 18.0 Å². The molecular formula is C13H16ClNO3. The summed E-state index contributed by atoms with van der Waals surface area (Å²) in [5.41, 5.74) is 0.929. The van der Waals surface area contributed by atoms with Crippen molar-refractivity contribution >= 4 is 17.6 Å². The number of rotatable bonds is 4. The smallest absolute Gasteiger partial charge is 0.320 e. The Kier molecular flexibility index (Phi) is 4.09. The SMILES string of the molecule is COc1ccc(Cl)cc1CN1CCC[C@H]1C(=O)O. The molecule has 1 N–H and O–H groups in total. The summed E-state index contributed by atoms with van der Waals surface area (Å²) >= 11 is 5.97. The number of carboxylic acids is 1. The Morgan fingerprint density at radius 1 is 1.61 bits per heavy atom. The number of methoxy groups -OCH3 is 1. The molecule has 4 nitrogen and oxygen atoms in total. The first kappa shape index (κ1) is 13.2. The number of nitrogens with zero attached hydrogens (tertiary/aromatic N) is 1. The maximum atomic E-state index is 11.1. The predicted molar refractivity (Wildman–Crippen MR) is 69.1 cm³/mol. The highest BCUT2D eigenvalue weighted by atomic mass is 35.5. The van der Waals surface area contributed by atoms with Crippen LogP contribution in [0.2, 0.25) is 5.02 Å². The summed E-state index contributed by atoms with van der Waals surface area (Å²) < 4.78 is 5.27. The molecule has 1 aromatic rings. The van der Waals surface area contributed by atoms with Gasteiger partial charge in [0.2, 0.25) is 0 Å². The molecule has 98 valence electrons. The first-order valence-corrected chi connectivity index (χ1v) is 6.29. The second-order valence-corrected chi connectivity index (χ2v) is 4.86. The maximum absolute atomic E-state index is 11.1. The Morgan fingerprint density at radius 2 is 2.39 bits per heavy atom. The van der Waals surface area contributed by atoms with Gasteiger partial charge in [-0.25, -0.2) is 0 Å². The highest BCUT2D eigenvalue weighted by molar-refractivity contribution is 6.30. The van der Waals surface area contributed by atoms with Gasteiger partial charge in [-0.1, -0.05) is 11.6 Å². The molecule has 1 heterocycles. The van der Waals surface area contributed by atoms with E-state index in [-0.39, 0.29) is 0 Å². The third-order valence-electron chi connectivity index (χ3n) is 3.26. The summed E-state index contributed by atoms with van der Waals surface area (Å²) in [6.07, 6.45) is 1.62. The van der Waals surface area contributed by atoms with Crippen molar-refractivity contribution in [3.05, 3.63) is 28.8 Å². The first-order chi connectivity index (χ1) is 8.61. The van der Waals surface area contributed by atoms with Crippen molar-refractivity contribution in [2.24, 2.45) is 0 Å². The van der Waals surface area contributed by atoms with Gasteiger partial charge in [-0.15, -0.1) is 0 Å². The average molecular weight is 270 g/mol. The van der Waals surface area contributed by atoms with Gasteiger partial charge in [-0.05, 0) is 37.6 Å². The van der Waals surface area contributed by atoms with E-state index in [1.54, 1.807) is 13.2 Å². The van der Waals surface area contributed by atoms with Crippen molar-refractivity contribution in [3.63, 3.8) is 0 Å². The molecule has 0 amide bonds. The van der Waals surface area contributed by atoms with Gasteiger partial charge < -0.3 is 9.84 Å². The molecule has 0 aromatic heterocycles. The molecule has 0 bridgehead atoms. The van der Waals surface area contributed by atoms with Gasteiger partial charge in [0.25, 0.3) is 0 Å². The molecule has 1 aromatic carbocycles. The molecule has 5 heteroatoms. The van der Waals surface area contributed by atoms with E-state index in [9.17, 15) is 4.79 Å². The van der Waals surface area contributed by atoms with Gasteiger partial charge in [0.15, 0.2) is 0 Å². The van der Waals surface area contributed by atoms with Crippen LogP contribution in [0, 0.1) is 0 Å². The first-order valence-electron chi connectivity index (χ1n) is 5.91. The lowest BCUT2D eigenvalue weighted by molar-refractivity contribution is -0.142. The van der Waals surface area contributed by atoms with Crippen LogP contribution in [0.15, 0.2) is 18.2 Å². The molecule has 1 aliphatic rings. The van der Waals surface area contributed by atoms with E-state index < -0.39 is 12.0 Å². The zero-order valence-corrected chi connectivity index (χ0v) is 11.0. The monoisotopic (exact) mass is 269 g/mol. The second-order valence-electron chi connectivity index (χ2n) is 4.42. The van der Waals surface area contributed by atoms with E-state index in [1.165, 1.54) is 0 Å². The van der Waals surface area contributed by atoms with Crippen LogP contribution < -0.4 is 4.74 Å². The molecule has 0 saturated carbocycles. The van der Waals surface area contributed by atoms with E-state index >= 15 is 0 Å². The predicted octanol–water partition coefficient (Wildman–Crippen LogP) is 2.40. The van der Waals surface area contributed by atoms with Gasteiger partial charge in [0.1, 0.15) is 11.8 Å². The Bertz CT molecular complexity index is 450. The quantitative estimate of drug-likeness (QED) is 0.912. The molecule has 0 aliphatic carbocycles. The summed E-state index contributed by atoms with van der Waals surface area (Å²) in [5.74, 6) is -0.0102. The molecule has 0 unspecified atom stereocenters. The van der Waals surface area contributed by atoms with Crippen molar-refractivity contribution in [1.29, 1.82) is 0 Å². The molecule has 1 fully saturated rings. The summed E-state index contributed by atoms with van der Waals surface area (Å²) in [7, 11) is 1.60. The van der Waals surface area contributed by atoms with Crippen molar-refractivity contribution < 1.29 is 14.6 Å². The lowest BCUT2D eigenvalue weighted by Gasteiger charge is -2.22. The van der Waals surface area contributed by atoms with E-state index in [2.05, 4.69) is 0 Å². The number of halogens is 1. The zero-order chi connectivity index (χ0) is 13.1. The van der Waals surface area contributed by atoms with Crippen LogP contribution in [0.5, 0.6) is 5.75 Å². The number of carboxylic acid groups (broad SMARTS) is 1. The van der Waals surface area contributed by atoms with Gasteiger partial charge in [-0.3, -0.25) is 9.69 Å². The largest absolute Gasteiger partial charge is 0.496 e. The van der Waals surface area contributed by atoms with Gasteiger partial charge in [0, 0.05) is 17.1 Å². The van der Waals surface area contributed by atoms with Crippen LogP contribution in [-0.4, -0.2) is 35.7 Å². The third kappa shape index (κ3) is 2.76. The van der Waals surface area contributed by atoms with Gasteiger partial charge in [-0.2, -0.15) is 0 Å². The van der Waals surface area contributed by atoms with Crippen LogP contribution in [0.1, 0.15) is 18.4 Å². The summed E-state index contributed by atoms with van der Waals surface area (Å²) in [6, 6.07) is 5.01. The van der Waals surface area contributed by atoms with Gasteiger partial charge >= 0.3 is 5.97 Å². The number of ether oxygens (including phenoxy) is 1. The Hall–Kier alpha value is -1.26. The lowest BCUT2D eigenvalue weighted by atomic mass is 10.1. The fourth-order valence-electron chi connectivity index (χ4n) is 2.38. The number of hydrogen-bond acceptors (Lipinski definition) is 3. The van der Waals surface area contributed by atoms with Crippen molar-refractivity contribution in [2.75, 3.05) is 13.7 Å². The third-order valence-corrected chi connectivity index (χ3v) is 3.50. The maximum Gasteiger partial charge on any atom is 0.320 e. The fraction of sp³-hybridized carbons (Fsp3) is 0.462.